The maximum atomic E-state index is 5.52. The first-order chi connectivity index (χ1) is 8.20. The molecular formula is C12H18N4O. The minimum absolute atomic E-state index is 0.181. The first kappa shape index (κ1) is 11.9. The second kappa shape index (κ2) is 5.14. The average Bonchev–Trinajstić information content (AvgIpc) is 2.75. The van der Waals surface area contributed by atoms with Gasteiger partial charge >= 0.3 is 0 Å². The summed E-state index contributed by atoms with van der Waals surface area (Å²) >= 11 is 0. The average molecular weight is 234 g/mol. The molecule has 0 aliphatic heterocycles. The molecule has 0 aromatic carbocycles. The predicted molar refractivity (Wildman–Crippen MR) is 68.0 cm³/mol. The number of fused-ring (bicyclic) bond motifs is 1. The Morgan fingerprint density at radius 2 is 2.24 bits per heavy atom. The summed E-state index contributed by atoms with van der Waals surface area (Å²) < 4.78 is 5.52. The summed E-state index contributed by atoms with van der Waals surface area (Å²) in [6.45, 7) is 7.31. The van der Waals surface area contributed by atoms with Gasteiger partial charge in [0.05, 0.1) is 11.5 Å². The van der Waals surface area contributed by atoms with Crippen LogP contribution in [-0.2, 0) is 11.3 Å². The monoisotopic (exact) mass is 234 g/mol. The van der Waals surface area contributed by atoms with Gasteiger partial charge in [-0.05, 0) is 26.8 Å². The Kier molecular flexibility index (Phi) is 3.58. The van der Waals surface area contributed by atoms with Crippen molar-refractivity contribution in [2.24, 2.45) is 0 Å². The van der Waals surface area contributed by atoms with Gasteiger partial charge in [-0.25, -0.2) is 9.97 Å². The van der Waals surface area contributed by atoms with Gasteiger partial charge in [0.1, 0.15) is 18.1 Å². The van der Waals surface area contributed by atoms with E-state index in [2.05, 4.69) is 20.3 Å². The van der Waals surface area contributed by atoms with E-state index < -0.39 is 0 Å². The number of nitrogens with zero attached hydrogens (tertiary/aromatic N) is 2. The number of aromatic nitrogens is 3. The lowest BCUT2D eigenvalue weighted by Crippen LogP contribution is -2.08. The van der Waals surface area contributed by atoms with E-state index in [1.807, 2.05) is 33.0 Å². The largest absolute Gasteiger partial charge is 0.371 e. The molecule has 0 saturated carbocycles. The summed E-state index contributed by atoms with van der Waals surface area (Å²) in [6.07, 6.45) is 2.05. The number of hydrogen-bond donors (Lipinski definition) is 2. The molecule has 0 radical (unpaired) electrons. The van der Waals surface area contributed by atoms with Crippen LogP contribution in [0.1, 0.15) is 26.6 Å². The summed E-state index contributed by atoms with van der Waals surface area (Å²) in [4.78, 5) is 12.0. The normalized spacial score (nSPS) is 11.3. The van der Waals surface area contributed by atoms with Crippen LogP contribution in [0.25, 0.3) is 11.0 Å². The van der Waals surface area contributed by atoms with Crippen molar-refractivity contribution in [3.63, 3.8) is 0 Å². The number of ether oxygens (including phenoxy) is 1. The van der Waals surface area contributed by atoms with Crippen LogP contribution in [0.15, 0.2) is 12.3 Å². The van der Waals surface area contributed by atoms with Crippen molar-refractivity contribution in [1.29, 1.82) is 0 Å². The van der Waals surface area contributed by atoms with Crippen LogP contribution in [0, 0.1) is 0 Å². The Morgan fingerprint density at radius 3 is 2.94 bits per heavy atom. The van der Waals surface area contributed by atoms with Gasteiger partial charge in [0.25, 0.3) is 0 Å². The summed E-state index contributed by atoms with van der Waals surface area (Å²) in [7, 11) is 0. The molecule has 2 aromatic rings. The molecule has 0 amide bonds. The third kappa shape index (κ3) is 2.74. The Morgan fingerprint density at radius 1 is 1.41 bits per heavy atom. The molecule has 0 spiro atoms. The fourth-order valence-corrected chi connectivity index (χ4v) is 1.60. The highest BCUT2D eigenvalue weighted by atomic mass is 16.5. The summed E-state index contributed by atoms with van der Waals surface area (Å²) in [6, 6.07) is 1.97. The lowest BCUT2D eigenvalue weighted by molar-refractivity contribution is 0.0615. The number of anilines is 1. The molecule has 5 heteroatoms. The smallest absolute Gasteiger partial charge is 0.158 e. The lowest BCUT2D eigenvalue weighted by atomic mass is 10.3. The van der Waals surface area contributed by atoms with Crippen molar-refractivity contribution in [2.75, 3.05) is 11.9 Å². The van der Waals surface area contributed by atoms with E-state index in [0.717, 1.165) is 23.4 Å². The molecule has 0 atom stereocenters. The van der Waals surface area contributed by atoms with Crippen molar-refractivity contribution < 1.29 is 4.74 Å². The van der Waals surface area contributed by atoms with Gasteiger partial charge in [0.2, 0.25) is 0 Å². The minimum Gasteiger partial charge on any atom is -0.371 e. The molecule has 0 fully saturated rings. The second-order valence-electron chi connectivity index (χ2n) is 4.12. The molecule has 0 saturated heterocycles. The first-order valence-electron chi connectivity index (χ1n) is 5.90. The molecule has 2 N–H and O–H groups in total. The molecule has 92 valence electrons. The molecular weight excluding hydrogens is 216 g/mol. The quantitative estimate of drug-likeness (QED) is 0.833. The summed E-state index contributed by atoms with van der Waals surface area (Å²) in [5, 5.41) is 4.25. The SMILES string of the molecule is CCNc1nc(COC(C)C)nc2[nH]ccc12. The number of aromatic amines is 1. The van der Waals surface area contributed by atoms with E-state index in [-0.39, 0.29) is 6.10 Å². The van der Waals surface area contributed by atoms with Crippen LogP contribution in [0.3, 0.4) is 0 Å². The maximum Gasteiger partial charge on any atom is 0.158 e. The highest BCUT2D eigenvalue weighted by Crippen LogP contribution is 2.19. The standard InChI is InChI=1S/C12H18N4O/c1-4-13-11-9-5-6-14-12(9)16-10(15-11)7-17-8(2)3/h5-6,8H,4,7H2,1-3H3,(H2,13,14,15,16). The van der Waals surface area contributed by atoms with Gasteiger partial charge in [0.15, 0.2) is 5.82 Å². The van der Waals surface area contributed by atoms with Crippen molar-refractivity contribution in [2.45, 2.75) is 33.5 Å². The fourth-order valence-electron chi connectivity index (χ4n) is 1.60. The van der Waals surface area contributed by atoms with E-state index in [1.165, 1.54) is 0 Å². The topological polar surface area (TPSA) is 62.8 Å². The number of nitrogens with one attached hydrogen (secondary N) is 2. The molecule has 2 rings (SSSR count). The van der Waals surface area contributed by atoms with Crippen LogP contribution in [0.5, 0.6) is 0 Å². The molecule has 5 nitrogen and oxygen atoms in total. The number of hydrogen-bond acceptors (Lipinski definition) is 4. The van der Waals surface area contributed by atoms with Crippen LogP contribution < -0.4 is 5.32 Å². The number of H-pyrrole nitrogens is 1. The van der Waals surface area contributed by atoms with E-state index in [0.29, 0.717) is 12.4 Å². The van der Waals surface area contributed by atoms with Gasteiger partial charge in [-0.15, -0.1) is 0 Å². The first-order valence-corrected chi connectivity index (χ1v) is 5.90. The van der Waals surface area contributed by atoms with Crippen LogP contribution in [0.2, 0.25) is 0 Å². The molecule has 0 aliphatic carbocycles. The zero-order valence-electron chi connectivity index (χ0n) is 10.4. The second-order valence-corrected chi connectivity index (χ2v) is 4.12. The van der Waals surface area contributed by atoms with Gasteiger partial charge in [-0.2, -0.15) is 0 Å². The van der Waals surface area contributed by atoms with Crippen LogP contribution in [0.4, 0.5) is 5.82 Å². The Balaban J connectivity index is 2.30. The maximum absolute atomic E-state index is 5.52. The van der Waals surface area contributed by atoms with Crippen molar-refractivity contribution in [3.05, 3.63) is 18.1 Å². The third-order valence-electron chi connectivity index (χ3n) is 2.35. The van der Waals surface area contributed by atoms with Gasteiger partial charge in [-0.1, -0.05) is 0 Å². The van der Waals surface area contributed by atoms with E-state index in [4.69, 9.17) is 4.74 Å². The summed E-state index contributed by atoms with van der Waals surface area (Å²) in [5.74, 6) is 1.56. The third-order valence-corrected chi connectivity index (χ3v) is 2.35. The van der Waals surface area contributed by atoms with Crippen LogP contribution in [-0.4, -0.2) is 27.6 Å². The minimum atomic E-state index is 0.181. The Labute approximate surface area is 101 Å². The molecule has 0 bridgehead atoms. The van der Waals surface area contributed by atoms with E-state index in [9.17, 15) is 0 Å². The van der Waals surface area contributed by atoms with Gasteiger partial charge in [-0.3, -0.25) is 0 Å². The van der Waals surface area contributed by atoms with Gasteiger partial charge in [0, 0.05) is 12.7 Å². The van der Waals surface area contributed by atoms with Crippen LogP contribution >= 0.6 is 0 Å². The van der Waals surface area contributed by atoms with E-state index >= 15 is 0 Å². The molecule has 2 aromatic heterocycles. The highest BCUT2D eigenvalue weighted by Gasteiger charge is 2.08. The Hall–Kier alpha value is -1.62. The number of rotatable bonds is 5. The molecule has 17 heavy (non-hydrogen) atoms. The fraction of sp³-hybridized carbons (Fsp3) is 0.500. The highest BCUT2D eigenvalue weighted by molar-refractivity contribution is 5.86. The Bertz CT molecular complexity index is 492. The summed E-state index contributed by atoms with van der Waals surface area (Å²) in [5.41, 5.74) is 0.846. The van der Waals surface area contributed by atoms with Crippen molar-refractivity contribution >= 4 is 16.9 Å². The molecule has 0 unspecified atom stereocenters. The van der Waals surface area contributed by atoms with Crippen molar-refractivity contribution in [3.8, 4) is 0 Å². The zero-order chi connectivity index (χ0) is 12.3. The predicted octanol–water partition coefficient (Wildman–Crippen LogP) is 2.31. The molecule has 0 aliphatic rings. The zero-order valence-corrected chi connectivity index (χ0v) is 10.4. The van der Waals surface area contributed by atoms with Crippen molar-refractivity contribution in [1.82, 2.24) is 15.0 Å². The van der Waals surface area contributed by atoms with E-state index in [1.54, 1.807) is 0 Å². The molecule has 2 heterocycles. The van der Waals surface area contributed by atoms with Gasteiger partial charge < -0.3 is 15.0 Å². The lowest BCUT2D eigenvalue weighted by Gasteiger charge is -2.09.